The van der Waals surface area contributed by atoms with Gasteiger partial charge >= 0.3 is 0 Å². The Morgan fingerprint density at radius 3 is 2.88 bits per heavy atom. The third kappa shape index (κ3) is 4.56. The summed E-state index contributed by atoms with van der Waals surface area (Å²) in [5, 5.41) is 3.03. The van der Waals surface area contributed by atoms with E-state index in [1.165, 1.54) is 0 Å². The van der Waals surface area contributed by atoms with E-state index in [1.807, 2.05) is 18.4 Å². The third-order valence-corrected chi connectivity index (χ3v) is 4.10. The van der Waals surface area contributed by atoms with Crippen LogP contribution in [0.25, 0.3) is 0 Å². The fourth-order valence-corrected chi connectivity index (χ4v) is 2.76. The molecule has 94 valence electrons. The van der Waals surface area contributed by atoms with Crippen LogP contribution in [0, 0.1) is 0 Å². The minimum absolute atomic E-state index is 0.0475. The maximum Gasteiger partial charge on any atom is 0.252 e. The molecule has 0 saturated carbocycles. The maximum absolute atomic E-state index is 12.1. The van der Waals surface area contributed by atoms with Crippen molar-refractivity contribution < 1.29 is 4.79 Å². The van der Waals surface area contributed by atoms with Crippen molar-refractivity contribution >= 4 is 46.2 Å². The first kappa shape index (κ1) is 14.9. The van der Waals surface area contributed by atoms with Crippen LogP contribution in [0.2, 0.25) is 0 Å². The highest BCUT2D eigenvalue weighted by Crippen LogP contribution is 2.20. The average Bonchev–Trinajstić information content (AvgIpc) is 2.31. The molecule has 0 bridgehead atoms. The highest BCUT2D eigenvalue weighted by molar-refractivity contribution is 9.10. The Labute approximate surface area is 120 Å². The van der Waals surface area contributed by atoms with Crippen LogP contribution >= 0.6 is 40.3 Å². The Balaban J connectivity index is 2.78. The minimum Gasteiger partial charge on any atom is -0.348 e. The number of carbonyl (C=O) groups excluding carboxylic acids is 1. The van der Waals surface area contributed by atoms with Crippen molar-refractivity contribution in [3.8, 4) is 0 Å². The van der Waals surface area contributed by atoms with Crippen molar-refractivity contribution in [2.75, 3.05) is 12.0 Å². The summed E-state index contributed by atoms with van der Waals surface area (Å²) in [6, 6.07) is 5.68. The summed E-state index contributed by atoms with van der Waals surface area (Å²) in [6.45, 7) is 2.07. The highest BCUT2D eigenvalue weighted by atomic mass is 79.9. The Kier molecular flexibility index (Phi) is 6.44. The van der Waals surface area contributed by atoms with Gasteiger partial charge in [-0.1, -0.05) is 6.92 Å². The summed E-state index contributed by atoms with van der Waals surface area (Å²) in [5.74, 6) is 0.883. The van der Waals surface area contributed by atoms with E-state index in [0.717, 1.165) is 21.5 Å². The molecule has 0 spiro atoms. The van der Waals surface area contributed by atoms with Gasteiger partial charge in [-0.25, -0.2) is 0 Å². The van der Waals surface area contributed by atoms with Gasteiger partial charge in [-0.2, -0.15) is 11.8 Å². The second-order valence-electron chi connectivity index (χ2n) is 3.70. The smallest absolute Gasteiger partial charge is 0.252 e. The quantitative estimate of drug-likeness (QED) is 0.806. The van der Waals surface area contributed by atoms with E-state index in [-0.39, 0.29) is 11.9 Å². The van der Waals surface area contributed by atoms with Gasteiger partial charge in [-0.15, -0.1) is 12.6 Å². The molecule has 1 unspecified atom stereocenters. The van der Waals surface area contributed by atoms with Crippen LogP contribution in [0.4, 0.5) is 0 Å². The number of nitrogens with one attached hydrogen (secondary N) is 1. The van der Waals surface area contributed by atoms with E-state index >= 15 is 0 Å². The lowest BCUT2D eigenvalue weighted by atomic mass is 10.2. The van der Waals surface area contributed by atoms with Crippen LogP contribution < -0.4 is 5.32 Å². The van der Waals surface area contributed by atoms with E-state index in [9.17, 15) is 4.79 Å². The predicted molar refractivity (Wildman–Crippen MR) is 81.3 cm³/mol. The van der Waals surface area contributed by atoms with Crippen molar-refractivity contribution in [1.29, 1.82) is 0 Å². The van der Waals surface area contributed by atoms with Crippen LogP contribution in [0.3, 0.4) is 0 Å². The van der Waals surface area contributed by atoms with Crippen molar-refractivity contribution in [2.45, 2.75) is 24.3 Å². The molecule has 0 aliphatic carbocycles. The monoisotopic (exact) mass is 333 g/mol. The number of thioether (sulfide) groups is 1. The minimum atomic E-state index is -0.0475. The molecule has 0 aliphatic rings. The molecule has 0 saturated heterocycles. The molecule has 0 heterocycles. The molecule has 17 heavy (non-hydrogen) atoms. The third-order valence-electron chi connectivity index (χ3n) is 2.39. The Morgan fingerprint density at radius 2 is 2.29 bits per heavy atom. The zero-order chi connectivity index (χ0) is 12.8. The Hall–Kier alpha value is -0.130. The second-order valence-corrected chi connectivity index (χ2v) is 5.98. The van der Waals surface area contributed by atoms with Crippen LogP contribution in [0.5, 0.6) is 0 Å². The molecule has 1 aromatic carbocycles. The number of halogens is 1. The summed E-state index contributed by atoms with van der Waals surface area (Å²) in [6.07, 6.45) is 2.98. The molecule has 1 rings (SSSR count). The first-order valence-corrected chi connectivity index (χ1v) is 8.00. The lowest BCUT2D eigenvalue weighted by Gasteiger charge is -2.16. The lowest BCUT2D eigenvalue weighted by Crippen LogP contribution is -2.36. The highest BCUT2D eigenvalue weighted by Gasteiger charge is 2.14. The standard InChI is InChI=1S/C12H16BrNOS2/c1-3-8(7-17-2)14-12(15)10-6-9(16)4-5-11(10)13/h4-6,8,16H,3,7H2,1-2H3,(H,14,15). The van der Waals surface area contributed by atoms with Crippen molar-refractivity contribution in [2.24, 2.45) is 0 Å². The molecule has 1 N–H and O–H groups in total. The fourth-order valence-electron chi connectivity index (χ4n) is 1.41. The van der Waals surface area contributed by atoms with Gasteiger partial charge in [0.2, 0.25) is 0 Å². The topological polar surface area (TPSA) is 29.1 Å². The SMILES string of the molecule is CCC(CSC)NC(=O)c1cc(S)ccc1Br. The first-order valence-electron chi connectivity index (χ1n) is 5.36. The van der Waals surface area contributed by atoms with Gasteiger partial charge in [-0.05, 0) is 46.8 Å². The molecular formula is C12H16BrNOS2. The van der Waals surface area contributed by atoms with E-state index in [0.29, 0.717) is 5.56 Å². The first-order chi connectivity index (χ1) is 8.08. The summed E-state index contributed by atoms with van der Waals surface area (Å²) in [7, 11) is 0. The van der Waals surface area contributed by atoms with E-state index in [4.69, 9.17) is 0 Å². The number of hydrogen-bond donors (Lipinski definition) is 2. The van der Waals surface area contributed by atoms with Gasteiger partial charge in [-0.3, -0.25) is 4.79 Å². The van der Waals surface area contributed by atoms with Crippen molar-refractivity contribution in [3.05, 3.63) is 28.2 Å². The number of carbonyl (C=O) groups is 1. The van der Waals surface area contributed by atoms with E-state index < -0.39 is 0 Å². The molecule has 2 nitrogen and oxygen atoms in total. The summed E-state index contributed by atoms with van der Waals surface area (Å²) >= 11 is 9.37. The van der Waals surface area contributed by atoms with Crippen LogP contribution in [-0.4, -0.2) is 24.0 Å². The summed E-state index contributed by atoms with van der Waals surface area (Å²) in [5.41, 5.74) is 0.636. The van der Waals surface area contributed by atoms with E-state index in [2.05, 4.69) is 40.8 Å². The summed E-state index contributed by atoms with van der Waals surface area (Å²) < 4.78 is 0.798. The normalized spacial score (nSPS) is 12.2. The average molecular weight is 334 g/mol. The number of rotatable bonds is 5. The predicted octanol–water partition coefficient (Wildman–Crippen LogP) is 3.61. The number of thiol groups is 1. The van der Waals surface area contributed by atoms with Crippen molar-refractivity contribution in [3.63, 3.8) is 0 Å². The van der Waals surface area contributed by atoms with Gasteiger partial charge in [0, 0.05) is 21.2 Å². The molecule has 0 radical (unpaired) electrons. The molecule has 1 aromatic rings. The largest absolute Gasteiger partial charge is 0.348 e. The summed E-state index contributed by atoms with van der Waals surface area (Å²) in [4.78, 5) is 12.9. The number of amides is 1. The van der Waals surface area contributed by atoms with Gasteiger partial charge in [0.05, 0.1) is 5.56 Å². The van der Waals surface area contributed by atoms with Gasteiger partial charge in [0.1, 0.15) is 0 Å². The Morgan fingerprint density at radius 1 is 1.59 bits per heavy atom. The van der Waals surface area contributed by atoms with Gasteiger partial charge < -0.3 is 5.32 Å². The molecule has 1 atom stereocenters. The molecule has 1 amide bonds. The second kappa shape index (κ2) is 7.34. The molecule has 0 aliphatic heterocycles. The fraction of sp³-hybridized carbons (Fsp3) is 0.417. The Bertz CT molecular complexity index is 398. The van der Waals surface area contributed by atoms with Gasteiger partial charge in [0.25, 0.3) is 5.91 Å². The van der Waals surface area contributed by atoms with Crippen LogP contribution in [-0.2, 0) is 0 Å². The molecular weight excluding hydrogens is 318 g/mol. The van der Waals surface area contributed by atoms with Crippen LogP contribution in [0.1, 0.15) is 23.7 Å². The van der Waals surface area contributed by atoms with Crippen LogP contribution in [0.15, 0.2) is 27.6 Å². The van der Waals surface area contributed by atoms with E-state index in [1.54, 1.807) is 17.8 Å². The number of benzene rings is 1. The van der Waals surface area contributed by atoms with Crippen molar-refractivity contribution in [1.82, 2.24) is 5.32 Å². The molecule has 0 aromatic heterocycles. The molecule has 0 fully saturated rings. The van der Waals surface area contributed by atoms with Gasteiger partial charge in [0.15, 0.2) is 0 Å². The zero-order valence-electron chi connectivity index (χ0n) is 9.87. The lowest BCUT2D eigenvalue weighted by molar-refractivity contribution is 0.0939. The molecule has 5 heteroatoms. The maximum atomic E-state index is 12.1. The zero-order valence-corrected chi connectivity index (χ0v) is 13.2. The number of hydrogen-bond acceptors (Lipinski definition) is 3.